The Morgan fingerprint density at radius 3 is 1.14 bits per heavy atom. The third kappa shape index (κ3) is 10.4. The number of carbonyl (C=O) groups is 2. The van der Waals surface area contributed by atoms with Crippen LogP contribution in [-0.2, 0) is 0 Å². The van der Waals surface area contributed by atoms with Gasteiger partial charge in [0.15, 0.2) is 35.6 Å². The van der Waals surface area contributed by atoms with Crippen LogP contribution in [0.5, 0.6) is 46.0 Å². The van der Waals surface area contributed by atoms with E-state index in [2.05, 4.69) is 0 Å². The molecule has 0 saturated heterocycles. The summed E-state index contributed by atoms with van der Waals surface area (Å²) < 4.78 is 50.0. The molecular weight excluding hydrogens is 782 g/mol. The van der Waals surface area contributed by atoms with Crippen molar-refractivity contribution in [1.29, 1.82) is 0 Å². The van der Waals surface area contributed by atoms with Crippen molar-refractivity contribution in [2.24, 2.45) is 0 Å². The minimum absolute atomic E-state index is 0.268. The Morgan fingerprint density at radius 1 is 0.439 bits per heavy atom. The average molecular weight is 823 g/mol. The monoisotopic (exact) mass is 822 g/mol. The van der Waals surface area contributed by atoms with Gasteiger partial charge in [-0.15, -0.1) is 0 Å². The van der Waals surface area contributed by atoms with Gasteiger partial charge in [0, 0.05) is 0 Å². The number of carbonyl (C=O) groups excluding carboxylic acids is 2. The number of benzene rings is 6. The van der Waals surface area contributed by atoms with Crippen molar-refractivity contribution in [2.75, 3.05) is 14.2 Å². The maximum absolute atomic E-state index is 12.0. The molecular formula is C44H40O10P2S. The number of aldehydes is 2. The van der Waals surface area contributed by atoms with E-state index in [1.807, 2.05) is 76.2 Å². The molecule has 10 nitrogen and oxygen atoms in total. The number of para-hydroxylation sites is 6. The standard InChI is InChI=1S/C44H40O10P2S/c1-29-23-31(3)43(53-55(49-35-17-9-7-15-33(35)27-45)50-36-18-10-8-16-34(36)28-46)41(25-29)57-42-26-30(2)24-32(4)44(42)54-56(51-39-21-13-11-19-37(39)47-5)52-40-22-14-12-20-38(40)48-6/h7-28H,1-6H3. The third-order valence-electron chi connectivity index (χ3n) is 8.24. The topological polar surface area (TPSA) is 108 Å². The second-order valence-electron chi connectivity index (χ2n) is 12.5. The van der Waals surface area contributed by atoms with Gasteiger partial charge in [0.1, 0.15) is 23.0 Å². The van der Waals surface area contributed by atoms with Gasteiger partial charge in [-0.25, -0.2) is 0 Å². The SMILES string of the molecule is COc1ccccc1OP(Oc1ccccc1OC)Oc1c(C)cc(C)cc1Sc1cc(C)cc(C)c1OP(Oc1ccccc1C=O)Oc1ccccc1C=O. The largest absolute Gasteiger partial charge is 0.530 e. The normalized spacial score (nSPS) is 10.8. The van der Waals surface area contributed by atoms with Gasteiger partial charge in [0.05, 0.1) is 35.1 Å². The zero-order chi connectivity index (χ0) is 40.3. The molecule has 0 radical (unpaired) electrons. The fourth-order valence-corrected chi connectivity index (χ4v) is 9.35. The van der Waals surface area contributed by atoms with E-state index in [-0.39, 0.29) is 11.5 Å². The molecule has 0 amide bonds. The quantitative estimate of drug-likeness (QED) is 0.0610. The fraction of sp³-hybridized carbons (Fsp3) is 0.136. The summed E-state index contributed by atoms with van der Waals surface area (Å²) in [6.07, 6.45) is 1.40. The van der Waals surface area contributed by atoms with Crippen molar-refractivity contribution >= 4 is 41.5 Å². The van der Waals surface area contributed by atoms with Crippen molar-refractivity contribution in [3.63, 3.8) is 0 Å². The van der Waals surface area contributed by atoms with Gasteiger partial charge in [0.25, 0.3) is 0 Å². The highest BCUT2D eigenvalue weighted by atomic mass is 32.2. The van der Waals surface area contributed by atoms with E-state index in [0.29, 0.717) is 58.2 Å². The first-order valence-electron chi connectivity index (χ1n) is 17.6. The van der Waals surface area contributed by atoms with Crippen LogP contribution in [0.25, 0.3) is 0 Å². The molecule has 0 spiro atoms. The Kier molecular flexibility index (Phi) is 13.9. The summed E-state index contributed by atoms with van der Waals surface area (Å²) in [5, 5.41) is 0. The van der Waals surface area contributed by atoms with E-state index in [1.54, 1.807) is 87.0 Å². The maximum Gasteiger partial charge on any atom is 0.530 e. The number of methoxy groups -OCH3 is 2. The lowest BCUT2D eigenvalue weighted by Gasteiger charge is -2.24. The first-order chi connectivity index (χ1) is 27.7. The molecule has 6 aromatic carbocycles. The highest BCUT2D eigenvalue weighted by Crippen LogP contribution is 2.53. The summed E-state index contributed by atoms with van der Waals surface area (Å²) in [7, 11) is -1.29. The lowest BCUT2D eigenvalue weighted by Crippen LogP contribution is -2.07. The second-order valence-corrected chi connectivity index (χ2v) is 15.6. The Morgan fingerprint density at radius 2 is 0.772 bits per heavy atom. The first-order valence-corrected chi connectivity index (χ1v) is 20.6. The Hall–Kier alpha value is -5.73. The molecule has 0 heterocycles. The zero-order valence-corrected chi connectivity index (χ0v) is 34.7. The van der Waals surface area contributed by atoms with Gasteiger partial charge >= 0.3 is 17.2 Å². The van der Waals surface area contributed by atoms with Crippen LogP contribution in [0.1, 0.15) is 43.0 Å². The van der Waals surface area contributed by atoms with E-state index in [1.165, 1.54) is 11.8 Å². The number of aryl methyl sites for hydroxylation is 4. The van der Waals surface area contributed by atoms with Crippen LogP contribution in [0.4, 0.5) is 0 Å². The van der Waals surface area contributed by atoms with Gasteiger partial charge in [-0.3, -0.25) is 9.59 Å². The number of ether oxygens (including phenoxy) is 2. The predicted octanol–water partition coefficient (Wildman–Crippen LogP) is 12.2. The number of rotatable bonds is 18. The van der Waals surface area contributed by atoms with Gasteiger partial charge in [-0.1, -0.05) is 72.4 Å². The van der Waals surface area contributed by atoms with Crippen LogP contribution >= 0.6 is 29.0 Å². The van der Waals surface area contributed by atoms with Crippen LogP contribution < -0.4 is 36.6 Å². The molecule has 0 saturated carbocycles. The van der Waals surface area contributed by atoms with Crippen molar-refractivity contribution in [2.45, 2.75) is 37.5 Å². The molecule has 6 rings (SSSR count). The summed E-state index contributed by atoms with van der Waals surface area (Å²) in [6, 6.07) is 36.1. The Bertz CT molecular complexity index is 2250. The first kappa shape index (κ1) is 40.9. The highest BCUT2D eigenvalue weighted by molar-refractivity contribution is 7.99. The summed E-state index contributed by atoms with van der Waals surface area (Å²) in [4.78, 5) is 25.4. The number of hydrogen-bond acceptors (Lipinski definition) is 11. The minimum atomic E-state index is -2.27. The molecule has 0 N–H and O–H groups in total. The molecule has 0 fully saturated rings. The zero-order valence-electron chi connectivity index (χ0n) is 32.1. The molecule has 0 aromatic heterocycles. The second kappa shape index (κ2) is 19.4. The Balaban J connectivity index is 1.39. The van der Waals surface area contributed by atoms with E-state index in [9.17, 15) is 9.59 Å². The number of hydrogen-bond donors (Lipinski definition) is 0. The molecule has 0 unspecified atom stereocenters. The van der Waals surface area contributed by atoms with Gasteiger partial charge in [-0.05, 0) is 111 Å². The van der Waals surface area contributed by atoms with Crippen LogP contribution in [0.15, 0.2) is 131 Å². The molecule has 0 aliphatic rings. The maximum atomic E-state index is 12.0. The van der Waals surface area contributed by atoms with E-state index >= 15 is 0 Å². The van der Waals surface area contributed by atoms with Gasteiger partial charge in [-0.2, -0.15) is 0 Å². The fourth-order valence-electron chi connectivity index (χ4n) is 5.63. The molecule has 292 valence electrons. The van der Waals surface area contributed by atoms with Crippen molar-refractivity contribution in [1.82, 2.24) is 0 Å². The van der Waals surface area contributed by atoms with Crippen molar-refractivity contribution in [3.8, 4) is 46.0 Å². The summed E-state index contributed by atoms with van der Waals surface area (Å²) in [5.41, 5.74) is 4.26. The molecule has 0 atom stereocenters. The lowest BCUT2D eigenvalue weighted by atomic mass is 10.1. The van der Waals surface area contributed by atoms with Crippen LogP contribution in [0.2, 0.25) is 0 Å². The molecule has 0 aliphatic carbocycles. The van der Waals surface area contributed by atoms with Crippen LogP contribution in [-0.4, -0.2) is 26.8 Å². The smallest absolute Gasteiger partial charge is 0.493 e. The van der Waals surface area contributed by atoms with Crippen LogP contribution in [0.3, 0.4) is 0 Å². The predicted molar refractivity (Wildman–Crippen MR) is 223 cm³/mol. The van der Waals surface area contributed by atoms with Crippen molar-refractivity contribution in [3.05, 3.63) is 155 Å². The van der Waals surface area contributed by atoms with E-state index in [0.717, 1.165) is 32.0 Å². The van der Waals surface area contributed by atoms with Gasteiger partial charge in [0.2, 0.25) is 0 Å². The molecule has 0 aliphatic heterocycles. The molecule has 57 heavy (non-hydrogen) atoms. The highest BCUT2D eigenvalue weighted by Gasteiger charge is 2.29. The summed E-state index contributed by atoms with van der Waals surface area (Å²) in [6.45, 7) is 7.90. The molecule has 6 aromatic rings. The summed E-state index contributed by atoms with van der Waals surface area (Å²) in [5.74, 6) is 3.44. The van der Waals surface area contributed by atoms with Crippen LogP contribution in [0, 0.1) is 27.7 Å². The lowest BCUT2D eigenvalue weighted by molar-refractivity contribution is 0.111. The van der Waals surface area contributed by atoms with E-state index in [4.69, 9.17) is 36.6 Å². The minimum Gasteiger partial charge on any atom is -0.493 e. The third-order valence-corrected chi connectivity index (χ3v) is 11.3. The van der Waals surface area contributed by atoms with Gasteiger partial charge < -0.3 is 36.6 Å². The average Bonchev–Trinajstić information content (AvgIpc) is 3.21. The summed E-state index contributed by atoms with van der Waals surface area (Å²) >= 11 is 1.42. The molecule has 13 heteroatoms. The van der Waals surface area contributed by atoms with Crippen molar-refractivity contribution < 1.29 is 46.2 Å². The van der Waals surface area contributed by atoms with E-state index < -0.39 is 17.2 Å². The Labute approximate surface area is 339 Å². The molecule has 0 bridgehead atoms.